The summed E-state index contributed by atoms with van der Waals surface area (Å²) in [5.41, 5.74) is 3.47. The number of nitrogens with one attached hydrogen (secondary N) is 2. The summed E-state index contributed by atoms with van der Waals surface area (Å²) in [7, 11) is 0. The average molecular weight is 259 g/mol. The maximum Gasteiger partial charge on any atom is 0.320 e. The van der Waals surface area contributed by atoms with Crippen molar-refractivity contribution in [1.29, 1.82) is 0 Å². The molecule has 2 aromatic rings. The molecule has 0 aliphatic heterocycles. The molecule has 0 aliphatic carbocycles. The smallest absolute Gasteiger partial charge is 0.320 e. The monoisotopic (exact) mass is 259 g/mol. The standard InChI is InChI=1S/C14H17N3O2/c1-9-4-5-12(10(2)6-9)8-15-14(18)16-13-7-11(3)19-17-13/h4-7H,8H2,1-3H3,(H2,15,16,17,18). The number of hydrogen-bond donors (Lipinski definition) is 2. The van der Waals surface area contributed by atoms with Crippen LogP contribution in [0.2, 0.25) is 0 Å². The lowest BCUT2D eigenvalue weighted by Crippen LogP contribution is -2.28. The van der Waals surface area contributed by atoms with E-state index in [1.54, 1.807) is 13.0 Å². The second-order valence-electron chi connectivity index (χ2n) is 4.56. The first-order valence-electron chi connectivity index (χ1n) is 6.09. The zero-order chi connectivity index (χ0) is 13.8. The highest BCUT2D eigenvalue weighted by Crippen LogP contribution is 2.10. The van der Waals surface area contributed by atoms with Gasteiger partial charge in [-0.15, -0.1) is 0 Å². The van der Waals surface area contributed by atoms with Crippen LogP contribution in [0.15, 0.2) is 28.8 Å². The van der Waals surface area contributed by atoms with Gasteiger partial charge in [0.25, 0.3) is 0 Å². The van der Waals surface area contributed by atoms with Crippen LogP contribution in [0, 0.1) is 20.8 Å². The molecule has 2 rings (SSSR count). The summed E-state index contributed by atoms with van der Waals surface area (Å²) in [6, 6.07) is 7.51. The molecule has 19 heavy (non-hydrogen) atoms. The first-order valence-corrected chi connectivity index (χ1v) is 6.09. The van der Waals surface area contributed by atoms with Crippen molar-refractivity contribution in [3.63, 3.8) is 0 Å². The minimum Gasteiger partial charge on any atom is -0.360 e. The highest BCUT2D eigenvalue weighted by atomic mass is 16.5. The molecule has 0 fully saturated rings. The number of aromatic nitrogens is 1. The first-order chi connectivity index (χ1) is 9.04. The van der Waals surface area contributed by atoms with Gasteiger partial charge in [-0.25, -0.2) is 4.79 Å². The Morgan fingerprint density at radius 1 is 1.26 bits per heavy atom. The van der Waals surface area contributed by atoms with Crippen LogP contribution in [0.4, 0.5) is 10.6 Å². The summed E-state index contributed by atoms with van der Waals surface area (Å²) < 4.78 is 4.87. The van der Waals surface area contributed by atoms with E-state index in [2.05, 4.69) is 21.9 Å². The fourth-order valence-electron chi connectivity index (χ4n) is 1.81. The van der Waals surface area contributed by atoms with Gasteiger partial charge in [0.05, 0.1) is 0 Å². The largest absolute Gasteiger partial charge is 0.360 e. The maximum absolute atomic E-state index is 11.7. The molecule has 5 heteroatoms. The third-order valence-electron chi connectivity index (χ3n) is 2.81. The molecule has 0 radical (unpaired) electrons. The summed E-state index contributed by atoms with van der Waals surface area (Å²) >= 11 is 0. The Hall–Kier alpha value is -2.30. The number of aryl methyl sites for hydroxylation is 3. The van der Waals surface area contributed by atoms with Crippen LogP contribution in [0.1, 0.15) is 22.5 Å². The zero-order valence-corrected chi connectivity index (χ0v) is 11.3. The third kappa shape index (κ3) is 3.58. The Balaban J connectivity index is 1.89. The van der Waals surface area contributed by atoms with E-state index in [1.807, 2.05) is 26.0 Å². The summed E-state index contributed by atoms with van der Waals surface area (Å²) in [6.07, 6.45) is 0. The van der Waals surface area contributed by atoms with Gasteiger partial charge >= 0.3 is 6.03 Å². The normalized spacial score (nSPS) is 10.3. The van der Waals surface area contributed by atoms with Crippen LogP contribution in [0.5, 0.6) is 0 Å². The molecule has 0 atom stereocenters. The number of rotatable bonds is 3. The minimum atomic E-state index is -0.298. The molecule has 0 spiro atoms. The first kappa shape index (κ1) is 13.1. The van der Waals surface area contributed by atoms with Gasteiger partial charge in [-0.3, -0.25) is 5.32 Å². The summed E-state index contributed by atoms with van der Waals surface area (Å²) in [5, 5.41) is 9.09. The second kappa shape index (κ2) is 5.56. The number of anilines is 1. The van der Waals surface area contributed by atoms with Gasteiger partial charge < -0.3 is 9.84 Å². The molecule has 1 heterocycles. The molecule has 2 N–H and O–H groups in total. The van der Waals surface area contributed by atoms with E-state index >= 15 is 0 Å². The molecule has 0 unspecified atom stereocenters. The predicted molar refractivity (Wildman–Crippen MR) is 73.0 cm³/mol. The van der Waals surface area contributed by atoms with Gasteiger partial charge in [0, 0.05) is 12.6 Å². The SMILES string of the molecule is Cc1ccc(CNC(=O)Nc2cc(C)on2)c(C)c1. The van der Waals surface area contributed by atoms with Gasteiger partial charge in [-0.05, 0) is 31.9 Å². The van der Waals surface area contributed by atoms with Crippen molar-refractivity contribution >= 4 is 11.8 Å². The molecule has 0 bridgehead atoms. The Morgan fingerprint density at radius 2 is 2.05 bits per heavy atom. The van der Waals surface area contributed by atoms with Crippen molar-refractivity contribution < 1.29 is 9.32 Å². The highest BCUT2D eigenvalue weighted by molar-refractivity contribution is 5.88. The molecule has 100 valence electrons. The molecule has 0 saturated heterocycles. The Kier molecular flexibility index (Phi) is 3.85. The molecular weight excluding hydrogens is 242 g/mol. The predicted octanol–water partition coefficient (Wildman–Crippen LogP) is 2.92. The van der Waals surface area contributed by atoms with Crippen molar-refractivity contribution in [2.24, 2.45) is 0 Å². The number of carbonyl (C=O) groups excluding carboxylic acids is 1. The van der Waals surface area contributed by atoms with Gasteiger partial charge in [-0.2, -0.15) is 0 Å². The lowest BCUT2D eigenvalue weighted by atomic mass is 10.1. The van der Waals surface area contributed by atoms with Gasteiger partial charge in [0.15, 0.2) is 5.82 Å². The second-order valence-corrected chi connectivity index (χ2v) is 4.56. The summed E-state index contributed by atoms with van der Waals surface area (Å²) in [5.74, 6) is 1.07. The maximum atomic E-state index is 11.7. The number of hydrogen-bond acceptors (Lipinski definition) is 3. The summed E-state index contributed by atoms with van der Waals surface area (Å²) in [6.45, 7) is 6.33. The van der Waals surface area contributed by atoms with Crippen molar-refractivity contribution in [3.8, 4) is 0 Å². The van der Waals surface area contributed by atoms with E-state index in [0.29, 0.717) is 18.1 Å². The average Bonchev–Trinajstić information content (AvgIpc) is 2.73. The molecule has 0 saturated carbocycles. The van der Waals surface area contributed by atoms with Gasteiger partial charge in [0.2, 0.25) is 0 Å². The fraction of sp³-hybridized carbons (Fsp3) is 0.286. The van der Waals surface area contributed by atoms with Crippen molar-refractivity contribution in [1.82, 2.24) is 10.5 Å². The van der Waals surface area contributed by atoms with Crippen molar-refractivity contribution in [3.05, 3.63) is 46.7 Å². The number of amides is 2. The number of carbonyl (C=O) groups is 1. The number of urea groups is 1. The number of benzene rings is 1. The van der Waals surface area contributed by atoms with E-state index in [1.165, 1.54) is 5.56 Å². The molecule has 0 aliphatic rings. The van der Waals surface area contributed by atoms with Crippen LogP contribution < -0.4 is 10.6 Å². The van der Waals surface area contributed by atoms with E-state index in [4.69, 9.17) is 4.52 Å². The Morgan fingerprint density at radius 3 is 2.68 bits per heavy atom. The van der Waals surface area contributed by atoms with Crippen molar-refractivity contribution in [2.75, 3.05) is 5.32 Å². The zero-order valence-electron chi connectivity index (χ0n) is 11.3. The van der Waals surface area contributed by atoms with Crippen LogP contribution in [0.3, 0.4) is 0 Å². The highest BCUT2D eigenvalue weighted by Gasteiger charge is 2.06. The van der Waals surface area contributed by atoms with Crippen molar-refractivity contribution in [2.45, 2.75) is 27.3 Å². The fourth-order valence-corrected chi connectivity index (χ4v) is 1.81. The Labute approximate surface area is 112 Å². The minimum absolute atomic E-state index is 0.298. The molecule has 5 nitrogen and oxygen atoms in total. The number of nitrogens with zero attached hydrogens (tertiary/aromatic N) is 1. The molecular formula is C14H17N3O2. The third-order valence-corrected chi connectivity index (χ3v) is 2.81. The van der Waals surface area contributed by atoms with E-state index < -0.39 is 0 Å². The molecule has 1 aromatic carbocycles. The van der Waals surface area contributed by atoms with E-state index in [0.717, 1.165) is 11.1 Å². The topological polar surface area (TPSA) is 67.2 Å². The Bertz CT molecular complexity index is 590. The van der Waals surface area contributed by atoms with Gasteiger partial charge in [0.1, 0.15) is 5.76 Å². The quantitative estimate of drug-likeness (QED) is 0.890. The van der Waals surface area contributed by atoms with Crippen LogP contribution in [-0.4, -0.2) is 11.2 Å². The molecule has 1 aromatic heterocycles. The van der Waals surface area contributed by atoms with E-state index in [9.17, 15) is 4.79 Å². The van der Waals surface area contributed by atoms with Crippen LogP contribution >= 0.6 is 0 Å². The molecule has 2 amide bonds. The van der Waals surface area contributed by atoms with Crippen LogP contribution in [0.25, 0.3) is 0 Å². The summed E-state index contributed by atoms with van der Waals surface area (Å²) in [4.78, 5) is 11.7. The van der Waals surface area contributed by atoms with Crippen LogP contribution in [-0.2, 0) is 6.54 Å². The lowest BCUT2D eigenvalue weighted by Gasteiger charge is -2.08. The lowest BCUT2D eigenvalue weighted by molar-refractivity contribution is 0.251. The van der Waals surface area contributed by atoms with E-state index in [-0.39, 0.29) is 6.03 Å². The van der Waals surface area contributed by atoms with Gasteiger partial charge in [-0.1, -0.05) is 28.9 Å².